The SMILES string of the molecule is S=c1[nH]nc(-c2cccc(C3CCC3)c2)c2ccccc12. The zero-order chi connectivity index (χ0) is 14.2. The van der Waals surface area contributed by atoms with Gasteiger partial charge in [0.05, 0.1) is 5.69 Å². The van der Waals surface area contributed by atoms with Crippen molar-refractivity contribution >= 4 is 23.0 Å². The molecule has 2 nitrogen and oxygen atoms in total. The van der Waals surface area contributed by atoms with E-state index >= 15 is 0 Å². The Kier molecular flexibility index (Phi) is 3.08. The summed E-state index contributed by atoms with van der Waals surface area (Å²) in [5, 5.41) is 9.65. The number of nitrogens with zero attached hydrogens (tertiary/aromatic N) is 1. The van der Waals surface area contributed by atoms with Crippen molar-refractivity contribution < 1.29 is 0 Å². The van der Waals surface area contributed by atoms with Crippen molar-refractivity contribution in [3.05, 3.63) is 58.7 Å². The molecule has 4 rings (SSSR count). The summed E-state index contributed by atoms with van der Waals surface area (Å²) in [6.07, 6.45) is 3.98. The topological polar surface area (TPSA) is 28.7 Å². The van der Waals surface area contributed by atoms with Crippen molar-refractivity contribution in [3.63, 3.8) is 0 Å². The largest absolute Gasteiger partial charge is 0.267 e. The molecule has 1 heterocycles. The minimum absolute atomic E-state index is 0.699. The Hall–Kier alpha value is -2.00. The highest BCUT2D eigenvalue weighted by Gasteiger charge is 2.20. The molecule has 1 aromatic heterocycles. The second-order valence-corrected chi connectivity index (χ2v) is 6.11. The van der Waals surface area contributed by atoms with Crippen molar-refractivity contribution in [2.75, 3.05) is 0 Å². The monoisotopic (exact) mass is 292 g/mol. The molecule has 1 saturated carbocycles. The summed E-state index contributed by atoms with van der Waals surface area (Å²) in [6.45, 7) is 0. The molecule has 0 spiro atoms. The summed E-state index contributed by atoms with van der Waals surface area (Å²) < 4.78 is 0.699. The Morgan fingerprint density at radius 2 is 1.81 bits per heavy atom. The van der Waals surface area contributed by atoms with Crippen molar-refractivity contribution in [1.82, 2.24) is 10.2 Å². The van der Waals surface area contributed by atoms with Crippen LogP contribution in [0.1, 0.15) is 30.7 Å². The summed E-state index contributed by atoms with van der Waals surface area (Å²) in [6, 6.07) is 17.0. The summed E-state index contributed by atoms with van der Waals surface area (Å²) in [5.41, 5.74) is 3.59. The van der Waals surface area contributed by atoms with Gasteiger partial charge in [-0.25, -0.2) is 0 Å². The maximum atomic E-state index is 5.34. The summed E-state index contributed by atoms with van der Waals surface area (Å²) in [4.78, 5) is 0. The lowest BCUT2D eigenvalue weighted by atomic mass is 9.79. The molecular formula is C18H16N2S. The molecule has 3 aromatic rings. The maximum absolute atomic E-state index is 5.34. The standard InChI is InChI=1S/C18H16N2S/c21-18-16-10-2-1-9-15(16)17(19-20-18)14-8-4-7-13(11-14)12-5-3-6-12/h1-2,4,7-12H,3,5-6H2,(H,20,21). The van der Waals surface area contributed by atoms with Crippen molar-refractivity contribution in [2.45, 2.75) is 25.2 Å². The zero-order valence-corrected chi connectivity index (χ0v) is 12.5. The van der Waals surface area contributed by atoms with E-state index in [-0.39, 0.29) is 0 Å². The lowest BCUT2D eigenvalue weighted by Crippen LogP contribution is -2.08. The van der Waals surface area contributed by atoms with Crippen LogP contribution in [-0.4, -0.2) is 10.2 Å². The second kappa shape index (κ2) is 5.08. The van der Waals surface area contributed by atoms with E-state index in [2.05, 4.69) is 46.6 Å². The number of benzene rings is 2. The lowest BCUT2D eigenvalue weighted by molar-refractivity contribution is 0.420. The van der Waals surface area contributed by atoms with Crippen LogP contribution in [0.5, 0.6) is 0 Å². The third-order valence-electron chi connectivity index (χ3n) is 4.43. The Bertz CT molecular complexity index is 862. The molecule has 0 unspecified atom stereocenters. The van der Waals surface area contributed by atoms with E-state index in [1.165, 1.54) is 30.4 Å². The molecule has 2 aromatic carbocycles. The molecule has 104 valence electrons. The van der Waals surface area contributed by atoms with E-state index in [1.807, 2.05) is 12.1 Å². The van der Waals surface area contributed by atoms with Crippen LogP contribution < -0.4 is 0 Å². The van der Waals surface area contributed by atoms with Gasteiger partial charge in [-0.3, -0.25) is 5.10 Å². The van der Waals surface area contributed by atoms with E-state index in [1.54, 1.807) is 0 Å². The molecule has 0 saturated heterocycles. The highest BCUT2D eigenvalue weighted by molar-refractivity contribution is 7.71. The van der Waals surface area contributed by atoms with Crippen molar-refractivity contribution in [3.8, 4) is 11.3 Å². The first-order valence-corrected chi connectivity index (χ1v) is 7.81. The van der Waals surface area contributed by atoms with Crippen LogP contribution in [0.25, 0.3) is 22.0 Å². The highest BCUT2D eigenvalue weighted by atomic mass is 32.1. The Balaban J connectivity index is 1.90. The van der Waals surface area contributed by atoms with Gasteiger partial charge in [-0.05, 0) is 30.4 Å². The minimum atomic E-state index is 0.699. The van der Waals surface area contributed by atoms with E-state index in [0.717, 1.165) is 22.4 Å². The molecule has 0 atom stereocenters. The molecule has 1 fully saturated rings. The third-order valence-corrected chi connectivity index (χ3v) is 4.74. The van der Waals surface area contributed by atoms with Gasteiger partial charge in [0.2, 0.25) is 0 Å². The first-order valence-electron chi connectivity index (χ1n) is 7.41. The fourth-order valence-corrected chi connectivity index (χ4v) is 3.24. The van der Waals surface area contributed by atoms with E-state index in [9.17, 15) is 0 Å². The van der Waals surface area contributed by atoms with Crippen LogP contribution in [0.3, 0.4) is 0 Å². The number of aromatic nitrogens is 2. The van der Waals surface area contributed by atoms with E-state index in [4.69, 9.17) is 12.2 Å². The number of hydrogen-bond donors (Lipinski definition) is 1. The van der Waals surface area contributed by atoms with Crippen LogP contribution in [-0.2, 0) is 0 Å². The molecule has 0 bridgehead atoms. The van der Waals surface area contributed by atoms with Gasteiger partial charge in [-0.15, -0.1) is 0 Å². The molecule has 1 aliphatic carbocycles. The maximum Gasteiger partial charge on any atom is 0.127 e. The number of aromatic amines is 1. The van der Waals surface area contributed by atoms with E-state index in [0.29, 0.717) is 4.64 Å². The van der Waals surface area contributed by atoms with E-state index < -0.39 is 0 Å². The molecule has 0 aliphatic heterocycles. The molecule has 21 heavy (non-hydrogen) atoms. The first kappa shape index (κ1) is 12.7. The van der Waals surface area contributed by atoms with Gasteiger partial charge in [0.25, 0.3) is 0 Å². The fourth-order valence-electron chi connectivity index (χ4n) is 3.02. The minimum Gasteiger partial charge on any atom is -0.267 e. The van der Waals surface area contributed by atoms with Crippen LogP contribution in [0.4, 0.5) is 0 Å². The fraction of sp³-hybridized carbons (Fsp3) is 0.222. The predicted octanol–water partition coefficient (Wildman–Crippen LogP) is 5.23. The summed E-state index contributed by atoms with van der Waals surface area (Å²) >= 11 is 5.34. The van der Waals surface area contributed by atoms with Gasteiger partial charge in [0.1, 0.15) is 4.64 Å². The average Bonchev–Trinajstić information content (AvgIpc) is 2.46. The Morgan fingerprint density at radius 3 is 2.57 bits per heavy atom. The van der Waals surface area contributed by atoms with Crippen LogP contribution in [0.2, 0.25) is 0 Å². The van der Waals surface area contributed by atoms with Crippen molar-refractivity contribution in [2.24, 2.45) is 0 Å². The summed E-state index contributed by atoms with van der Waals surface area (Å²) in [5.74, 6) is 0.735. The number of fused-ring (bicyclic) bond motifs is 1. The second-order valence-electron chi connectivity index (χ2n) is 5.70. The third kappa shape index (κ3) is 2.18. The molecular weight excluding hydrogens is 276 g/mol. The Labute approximate surface area is 128 Å². The van der Waals surface area contributed by atoms with Gasteiger partial charge >= 0.3 is 0 Å². The van der Waals surface area contributed by atoms with Gasteiger partial charge in [0.15, 0.2) is 0 Å². The molecule has 1 aliphatic rings. The molecule has 1 N–H and O–H groups in total. The quantitative estimate of drug-likeness (QED) is 0.655. The van der Waals surface area contributed by atoms with Gasteiger partial charge in [0, 0.05) is 16.3 Å². The molecule has 0 radical (unpaired) electrons. The number of rotatable bonds is 2. The lowest BCUT2D eigenvalue weighted by Gasteiger charge is -2.26. The van der Waals surface area contributed by atoms with Gasteiger partial charge in [-0.2, -0.15) is 5.10 Å². The number of H-pyrrole nitrogens is 1. The normalized spacial score (nSPS) is 15.0. The average molecular weight is 292 g/mol. The van der Waals surface area contributed by atoms with Gasteiger partial charge in [-0.1, -0.05) is 61.1 Å². The van der Waals surface area contributed by atoms with Gasteiger partial charge < -0.3 is 0 Å². The Morgan fingerprint density at radius 1 is 1.00 bits per heavy atom. The van der Waals surface area contributed by atoms with Crippen LogP contribution in [0, 0.1) is 4.64 Å². The number of hydrogen-bond acceptors (Lipinski definition) is 2. The van der Waals surface area contributed by atoms with Crippen LogP contribution in [0.15, 0.2) is 48.5 Å². The first-order chi connectivity index (χ1) is 10.3. The van der Waals surface area contributed by atoms with Crippen LogP contribution >= 0.6 is 12.2 Å². The molecule has 3 heteroatoms. The smallest absolute Gasteiger partial charge is 0.127 e. The predicted molar refractivity (Wildman–Crippen MR) is 89.0 cm³/mol. The van der Waals surface area contributed by atoms with Crippen molar-refractivity contribution in [1.29, 1.82) is 0 Å². The highest BCUT2D eigenvalue weighted by Crippen LogP contribution is 2.38. The zero-order valence-electron chi connectivity index (χ0n) is 11.7. The number of nitrogens with one attached hydrogen (secondary N) is 1. The summed E-state index contributed by atoms with van der Waals surface area (Å²) in [7, 11) is 0. The molecule has 0 amide bonds.